The molecule has 2 aromatic carbocycles. The Hall–Kier alpha value is -2.05. The smallest absolute Gasteiger partial charge is 0.243 e. The van der Waals surface area contributed by atoms with Crippen LogP contribution < -0.4 is 9.47 Å². The molecule has 1 aliphatic carbocycles. The van der Waals surface area contributed by atoms with Crippen molar-refractivity contribution in [3.63, 3.8) is 0 Å². The number of sulfonamides is 1. The molecule has 1 heterocycles. The normalized spacial score (nSPS) is 16.6. The van der Waals surface area contributed by atoms with Crippen LogP contribution in [0.4, 0.5) is 0 Å². The lowest BCUT2D eigenvalue weighted by Gasteiger charge is -2.22. The first-order chi connectivity index (χ1) is 12.1. The molecule has 1 aliphatic heterocycles. The van der Waals surface area contributed by atoms with Crippen LogP contribution in [0, 0.1) is 0 Å². The molecule has 0 amide bonds. The van der Waals surface area contributed by atoms with E-state index in [2.05, 4.69) is 6.07 Å². The zero-order chi connectivity index (χ0) is 17.4. The minimum Gasteiger partial charge on any atom is -0.497 e. The second-order valence-electron chi connectivity index (χ2n) is 6.50. The van der Waals surface area contributed by atoms with E-state index < -0.39 is 10.0 Å². The van der Waals surface area contributed by atoms with E-state index in [0.717, 1.165) is 36.1 Å². The van der Waals surface area contributed by atoms with Crippen molar-refractivity contribution in [1.29, 1.82) is 0 Å². The molecule has 0 radical (unpaired) electrons. The Kier molecular flexibility index (Phi) is 4.17. The van der Waals surface area contributed by atoms with Gasteiger partial charge in [0.15, 0.2) is 0 Å². The van der Waals surface area contributed by atoms with Gasteiger partial charge in [-0.2, -0.15) is 4.31 Å². The van der Waals surface area contributed by atoms with Gasteiger partial charge in [-0.05, 0) is 54.3 Å². The third kappa shape index (κ3) is 3.24. The van der Waals surface area contributed by atoms with Crippen molar-refractivity contribution in [1.82, 2.24) is 4.31 Å². The SMILES string of the molecule is COc1ccc(S(=O)(=O)N(Cc2ccc3c(c2)CCO3)C2CC2)cc1. The van der Waals surface area contributed by atoms with Crippen molar-refractivity contribution in [2.75, 3.05) is 13.7 Å². The zero-order valence-corrected chi connectivity index (χ0v) is 15.0. The number of hydrogen-bond donors (Lipinski definition) is 0. The van der Waals surface area contributed by atoms with Crippen LogP contribution >= 0.6 is 0 Å². The Labute approximate surface area is 148 Å². The third-order valence-corrected chi connectivity index (χ3v) is 6.63. The molecule has 4 rings (SSSR count). The van der Waals surface area contributed by atoms with Gasteiger partial charge in [-0.25, -0.2) is 8.42 Å². The highest BCUT2D eigenvalue weighted by atomic mass is 32.2. The maximum atomic E-state index is 13.1. The number of rotatable bonds is 6. The Morgan fingerprint density at radius 1 is 1.16 bits per heavy atom. The predicted molar refractivity (Wildman–Crippen MR) is 94.4 cm³/mol. The molecule has 0 N–H and O–H groups in total. The standard InChI is InChI=1S/C19H21NO4S/c1-23-17-5-7-18(8-6-17)25(21,22)20(16-3-4-16)13-14-2-9-19-15(12-14)10-11-24-19/h2,5-9,12,16H,3-4,10-11,13H2,1H3. The molecule has 25 heavy (non-hydrogen) atoms. The van der Waals surface area contributed by atoms with Crippen molar-refractivity contribution in [3.8, 4) is 11.5 Å². The van der Waals surface area contributed by atoms with Crippen molar-refractivity contribution in [3.05, 3.63) is 53.6 Å². The van der Waals surface area contributed by atoms with E-state index in [1.807, 2.05) is 12.1 Å². The molecule has 2 aliphatic rings. The van der Waals surface area contributed by atoms with Crippen LogP contribution in [0.3, 0.4) is 0 Å². The summed E-state index contributed by atoms with van der Waals surface area (Å²) in [4.78, 5) is 0.310. The van der Waals surface area contributed by atoms with Crippen LogP contribution in [0.1, 0.15) is 24.0 Å². The largest absolute Gasteiger partial charge is 0.497 e. The number of benzene rings is 2. The first kappa shape index (κ1) is 16.4. The highest BCUT2D eigenvalue weighted by Gasteiger charge is 2.38. The van der Waals surface area contributed by atoms with E-state index in [4.69, 9.17) is 9.47 Å². The molecule has 1 saturated carbocycles. The summed E-state index contributed by atoms with van der Waals surface area (Å²) in [6.45, 7) is 1.10. The van der Waals surface area contributed by atoms with Gasteiger partial charge in [0.1, 0.15) is 11.5 Å². The summed E-state index contributed by atoms with van der Waals surface area (Å²) in [6.07, 6.45) is 2.73. The van der Waals surface area contributed by atoms with Crippen LogP contribution in [0.25, 0.3) is 0 Å². The van der Waals surface area contributed by atoms with Gasteiger partial charge in [0.25, 0.3) is 0 Å². The molecule has 5 nitrogen and oxygen atoms in total. The van der Waals surface area contributed by atoms with Crippen LogP contribution in [0.2, 0.25) is 0 Å². The van der Waals surface area contributed by atoms with E-state index in [9.17, 15) is 8.42 Å². The van der Waals surface area contributed by atoms with Gasteiger partial charge in [-0.1, -0.05) is 12.1 Å². The molecule has 2 aromatic rings. The quantitative estimate of drug-likeness (QED) is 0.796. The Bertz CT molecular complexity index is 873. The number of nitrogens with zero attached hydrogens (tertiary/aromatic N) is 1. The molecule has 0 spiro atoms. The van der Waals surface area contributed by atoms with Gasteiger partial charge >= 0.3 is 0 Å². The lowest BCUT2D eigenvalue weighted by Crippen LogP contribution is -2.32. The molecule has 0 aromatic heterocycles. The van der Waals surface area contributed by atoms with Crippen LogP contribution in [-0.2, 0) is 23.0 Å². The van der Waals surface area contributed by atoms with Crippen molar-refractivity contribution in [2.45, 2.75) is 36.7 Å². The van der Waals surface area contributed by atoms with E-state index in [0.29, 0.717) is 23.8 Å². The van der Waals surface area contributed by atoms with Gasteiger partial charge in [-0.15, -0.1) is 0 Å². The van der Waals surface area contributed by atoms with Crippen molar-refractivity contribution in [2.24, 2.45) is 0 Å². The number of fused-ring (bicyclic) bond motifs is 1. The minimum absolute atomic E-state index is 0.0941. The van der Waals surface area contributed by atoms with Gasteiger partial charge in [-0.3, -0.25) is 0 Å². The van der Waals surface area contributed by atoms with E-state index in [-0.39, 0.29) is 6.04 Å². The van der Waals surface area contributed by atoms with E-state index in [1.165, 1.54) is 0 Å². The predicted octanol–water partition coefficient (Wildman–Crippen LogP) is 2.98. The molecule has 0 bridgehead atoms. The third-order valence-electron chi connectivity index (χ3n) is 4.71. The van der Waals surface area contributed by atoms with Crippen molar-refractivity contribution < 1.29 is 17.9 Å². The molecule has 0 atom stereocenters. The fourth-order valence-corrected chi connectivity index (χ4v) is 4.85. The highest BCUT2D eigenvalue weighted by molar-refractivity contribution is 7.89. The average molecular weight is 359 g/mol. The monoisotopic (exact) mass is 359 g/mol. The maximum absolute atomic E-state index is 13.1. The number of methoxy groups -OCH3 is 1. The summed E-state index contributed by atoms with van der Waals surface area (Å²) in [6, 6.07) is 12.7. The van der Waals surface area contributed by atoms with Crippen LogP contribution in [-0.4, -0.2) is 32.5 Å². The fourth-order valence-electron chi connectivity index (χ4n) is 3.17. The van der Waals surface area contributed by atoms with Gasteiger partial charge < -0.3 is 9.47 Å². The van der Waals surface area contributed by atoms with Crippen LogP contribution in [0.15, 0.2) is 47.4 Å². The molecule has 0 saturated heterocycles. The fraction of sp³-hybridized carbons (Fsp3) is 0.368. The number of hydrogen-bond acceptors (Lipinski definition) is 4. The Morgan fingerprint density at radius 3 is 2.60 bits per heavy atom. The molecular weight excluding hydrogens is 338 g/mol. The van der Waals surface area contributed by atoms with Crippen molar-refractivity contribution >= 4 is 10.0 Å². The van der Waals surface area contributed by atoms with E-state index in [1.54, 1.807) is 35.7 Å². The maximum Gasteiger partial charge on any atom is 0.243 e. The average Bonchev–Trinajstić information content (AvgIpc) is 3.36. The lowest BCUT2D eigenvalue weighted by molar-refractivity contribution is 0.356. The summed E-state index contributed by atoms with van der Waals surface area (Å²) in [7, 11) is -1.96. The molecule has 1 fully saturated rings. The highest BCUT2D eigenvalue weighted by Crippen LogP contribution is 2.35. The van der Waals surface area contributed by atoms with E-state index >= 15 is 0 Å². The second-order valence-corrected chi connectivity index (χ2v) is 8.39. The molecular formula is C19H21NO4S. The first-order valence-corrected chi connectivity index (χ1v) is 9.92. The molecule has 0 unspecified atom stereocenters. The Morgan fingerprint density at radius 2 is 1.92 bits per heavy atom. The molecule has 132 valence electrons. The topological polar surface area (TPSA) is 55.8 Å². The van der Waals surface area contributed by atoms with Gasteiger partial charge in [0.2, 0.25) is 10.0 Å². The summed E-state index contributed by atoms with van der Waals surface area (Å²) in [5, 5.41) is 0. The number of ether oxygens (including phenoxy) is 2. The summed E-state index contributed by atoms with van der Waals surface area (Å²) < 4.78 is 38.5. The summed E-state index contributed by atoms with van der Waals surface area (Å²) in [5.41, 5.74) is 2.17. The Balaban J connectivity index is 1.62. The van der Waals surface area contributed by atoms with Gasteiger partial charge in [0, 0.05) is 19.0 Å². The molecule has 6 heteroatoms. The zero-order valence-electron chi connectivity index (χ0n) is 14.1. The minimum atomic E-state index is -3.53. The van der Waals surface area contributed by atoms with Gasteiger partial charge in [0.05, 0.1) is 18.6 Å². The summed E-state index contributed by atoms with van der Waals surface area (Å²) >= 11 is 0. The lowest BCUT2D eigenvalue weighted by atomic mass is 10.1. The second kappa shape index (κ2) is 6.35. The summed E-state index contributed by atoms with van der Waals surface area (Å²) in [5.74, 6) is 1.57. The first-order valence-electron chi connectivity index (χ1n) is 8.48. The van der Waals surface area contributed by atoms with Crippen LogP contribution in [0.5, 0.6) is 11.5 Å².